The largest absolute Gasteiger partial charge is 0.323 e. The number of nitrogens with zero attached hydrogens (tertiary/aromatic N) is 2. The lowest BCUT2D eigenvalue weighted by Gasteiger charge is -2.29. The predicted octanol–water partition coefficient (Wildman–Crippen LogP) is 4.68. The number of benzene rings is 1. The van der Waals surface area contributed by atoms with E-state index in [2.05, 4.69) is 41.2 Å². The summed E-state index contributed by atoms with van der Waals surface area (Å²) >= 11 is 5.07. The lowest BCUT2D eigenvalue weighted by atomic mass is 10.0. The number of halogens is 1. The Balaban J connectivity index is 2.24. The van der Waals surface area contributed by atoms with E-state index in [0.717, 1.165) is 10.2 Å². The second-order valence-electron chi connectivity index (χ2n) is 6.23. The van der Waals surface area contributed by atoms with Gasteiger partial charge >= 0.3 is 6.03 Å². The highest BCUT2D eigenvalue weighted by Gasteiger charge is 2.50. The fourth-order valence-electron chi connectivity index (χ4n) is 2.54. The van der Waals surface area contributed by atoms with Gasteiger partial charge < -0.3 is 5.32 Å². The Bertz CT molecular complexity index is 594. The van der Waals surface area contributed by atoms with E-state index in [1.54, 1.807) is 16.7 Å². The lowest BCUT2D eigenvalue weighted by molar-refractivity contribution is 0.184. The molecule has 1 N–H and O–H groups in total. The predicted molar refractivity (Wildman–Crippen MR) is 94.7 cm³/mol. The molecule has 1 saturated heterocycles. The Labute approximate surface area is 144 Å². The van der Waals surface area contributed by atoms with Gasteiger partial charge in [-0.1, -0.05) is 29.8 Å². The van der Waals surface area contributed by atoms with E-state index < -0.39 is 6.04 Å². The summed E-state index contributed by atoms with van der Waals surface area (Å²) in [5.74, 6) is 0.276. The number of amides is 2. The number of anilines is 1. The third kappa shape index (κ3) is 3.41. The highest BCUT2D eigenvalue weighted by Crippen LogP contribution is 2.46. The molecule has 0 aromatic heterocycles. The number of hydrogen-bond acceptors (Lipinski definition) is 3. The molecule has 2 amide bonds. The van der Waals surface area contributed by atoms with Crippen LogP contribution in [0.15, 0.2) is 28.7 Å². The first-order chi connectivity index (χ1) is 10.3. The van der Waals surface area contributed by atoms with Crippen molar-refractivity contribution >= 4 is 39.4 Å². The van der Waals surface area contributed by atoms with Crippen molar-refractivity contribution in [2.45, 2.75) is 43.9 Å². The standard InChI is InChI=1S/C16H20BrN3OS/c1-10(2)14-20(13(9-18)16(3,4)22-14)15(21)19-12-7-5-11(17)6-8-12/h5-8,10,13-14H,1-4H3,(H,19,21). The highest BCUT2D eigenvalue weighted by atomic mass is 79.9. The van der Waals surface area contributed by atoms with Crippen LogP contribution in [0.4, 0.5) is 10.5 Å². The van der Waals surface area contributed by atoms with Crippen LogP contribution in [0.25, 0.3) is 0 Å². The van der Waals surface area contributed by atoms with Crippen LogP contribution in [-0.4, -0.2) is 27.1 Å². The first-order valence-corrected chi connectivity index (χ1v) is 8.86. The van der Waals surface area contributed by atoms with Gasteiger partial charge in [0.2, 0.25) is 0 Å². The summed E-state index contributed by atoms with van der Waals surface area (Å²) in [7, 11) is 0. The minimum Gasteiger partial charge on any atom is -0.308 e. The topological polar surface area (TPSA) is 56.1 Å². The SMILES string of the molecule is CC(C)C1SC(C)(C)C(C#N)N1C(=O)Nc1ccc(Br)cc1. The summed E-state index contributed by atoms with van der Waals surface area (Å²) in [6.45, 7) is 8.20. The number of carbonyl (C=O) groups excluding carboxylic acids is 1. The van der Waals surface area contributed by atoms with Gasteiger partial charge in [0.1, 0.15) is 6.04 Å². The average Bonchev–Trinajstić information content (AvgIpc) is 2.72. The van der Waals surface area contributed by atoms with Crippen LogP contribution in [0.2, 0.25) is 0 Å². The summed E-state index contributed by atoms with van der Waals surface area (Å²) in [6.07, 6.45) is 0. The Morgan fingerprint density at radius 1 is 1.41 bits per heavy atom. The van der Waals surface area contributed by atoms with E-state index in [0.29, 0.717) is 0 Å². The van der Waals surface area contributed by atoms with Crippen LogP contribution >= 0.6 is 27.7 Å². The molecule has 1 aliphatic heterocycles. The zero-order valence-corrected chi connectivity index (χ0v) is 15.5. The normalized spacial score (nSPS) is 23.4. The molecule has 0 spiro atoms. The van der Waals surface area contributed by atoms with Gasteiger partial charge in [-0.05, 0) is 44.0 Å². The number of hydrogen-bond donors (Lipinski definition) is 1. The number of nitrogens with one attached hydrogen (secondary N) is 1. The van der Waals surface area contributed by atoms with E-state index in [4.69, 9.17) is 0 Å². The molecule has 118 valence electrons. The Hall–Kier alpha value is -1.19. The molecule has 0 bridgehead atoms. The maximum Gasteiger partial charge on any atom is 0.323 e. The molecule has 2 unspecified atom stereocenters. The van der Waals surface area contributed by atoms with Crippen molar-refractivity contribution in [3.05, 3.63) is 28.7 Å². The molecule has 4 nitrogen and oxygen atoms in total. The monoisotopic (exact) mass is 381 g/mol. The molecule has 1 fully saturated rings. The molecule has 1 aliphatic rings. The van der Waals surface area contributed by atoms with Gasteiger partial charge in [0.05, 0.1) is 11.4 Å². The van der Waals surface area contributed by atoms with Crippen LogP contribution in [-0.2, 0) is 0 Å². The highest BCUT2D eigenvalue weighted by molar-refractivity contribution is 9.10. The lowest BCUT2D eigenvalue weighted by Crippen LogP contribution is -2.48. The molecular formula is C16H20BrN3OS. The molecule has 1 aromatic carbocycles. The number of nitriles is 1. The van der Waals surface area contributed by atoms with E-state index in [1.165, 1.54) is 0 Å². The van der Waals surface area contributed by atoms with Crippen molar-refractivity contribution in [2.24, 2.45) is 5.92 Å². The van der Waals surface area contributed by atoms with E-state index in [1.807, 2.05) is 38.1 Å². The van der Waals surface area contributed by atoms with Gasteiger partial charge in [-0.2, -0.15) is 5.26 Å². The van der Waals surface area contributed by atoms with Crippen molar-refractivity contribution in [3.8, 4) is 6.07 Å². The first kappa shape index (κ1) is 17.2. The number of rotatable bonds is 2. The number of thioether (sulfide) groups is 1. The molecular weight excluding hydrogens is 362 g/mol. The van der Waals surface area contributed by atoms with Crippen molar-refractivity contribution in [2.75, 3.05) is 5.32 Å². The molecule has 6 heteroatoms. The Morgan fingerprint density at radius 3 is 2.50 bits per heavy atom. The van der Waals surface area contributed by atoms with Gasteiger partial charge in [0, 0.05) is 14.9 Å². The van der Waals surface area contributed by atoms with Crippen LogP contribution in [0.1, 0.15) is 27.7 Å². The summed E-state index contributed by atoms with van der Waals surface area (Å²) < 4.78 is 0.680. The molecule has 2 atom stereocenters. The zero-order chi connectivity index (χ0) is 16.5. The number of urea groups is 1. The molecule has 0 aliphatic carbocycles. The molecule has 1 aromatic rings. The van der Waals surface area contributed by atoms with E-state index >= 15 is 0 Å². The molecule has 0 saturated carbocycles. The average molecular weight is 382 g/mol. The zero-order valence-electron chi connectivity index (χ0n) is 13.1. The van der Waals surface area contributed by atoms with Crippen molar-refractivity contribution < 1.29 is 4.79 Å². The maximum atomic E-state index is 12.7. The van der Waals surface area contributed by atoms with Crippen LogP contribution in [0.3, 0.4) is 0 Å². The summed E-state index contributed by atoms with van der Waals surface area (Å²) in [4.78, 5) is 14.4. The van der Waals surface area contributed by atoms with Crippen molar-refractivity contribution in [3.63, 3.8) is 0 Å². The summed E-state index contributed by atoms with van der Waals surface area (Å²) in [5, 5.41) is 12.4. The van der Waals surface area contributed by atoms with Crippen LogP contribution in [0.5, 0.6) is 0 Å². The molecule has 0 radical (unpaired) electrons. The first-order valence-electron chi connectivity index (χ1n) is 7.18. The molecule has 22 heavy (non-hydrogen) atoms. The Kier molecular flexibility index (Phi) is 5.08. The third-order valence-electron chi connectivity index (χ3n) is 3.66. The molecule has 1 heterocycles. The van der Waals surface area contributed by atoms with Gasteiger partial charge in [-0.3, -0.25) is 4.90 Å². The minimum atomic E-state index is -0.444. The fraction of sp³-hybridized carbons (Fsp3) is 0.500. The van der Waals surface area contributed by atoms with Crippen LogP contribution in [0, 0.1) is 17.2 Å². The van der Waals surface area contributed by atoms with E-state index in [-0.39, 0.29) is 22.1 Å². The smallest absolute Gasteiger partial charge is 0.308 e. The Morgan fingerprint density at radius 2 is 2.00 bits per heavy atom. The van der Waals surface area contributed by atoms with E-state index in [9.17, 15) is 10.1 Å². The van der Waals surface area contributed by atoms with Crippen molar-refractivity contribution in [1.82, 2.24) is 4.90 Å². The summed E-state index contributed by atoms with van der Waals surface area (Å²) in [6, 6.07) is 9.06. The maximum absolute atomic E-state index is 12.7. The number of carbonyl (C=O) groups is 1. The quantitative estimate of drug-likeness (QED) is 0.808. The van der Waals surface area contributed by atoms with Gasteiger partial charge in [-0.15, -0.1) is 11.8 Å². The van der Waals surface area contributed by atoms with Gasteiger partial charge in [-0.25, -0.2) is 4.79 Å². The van der Waals surface area contributed by atoms with Crippen LogP contribution < -0.4 is 5.32 Å². The van der Waals surface area contributed by atoms with Gasteiger partial charge in [0.15, 0.2) is 0 Å². The van der Waals surface area contributed by atoms with Crippen molar-refractivity contribution in [1.29, 1.82) is 5.26 Å². The second kappa shape index (κ2) is 6.51. The minimum absolute atomic E-state index is 0.00454. The molecule has 2 rings (SSSR count). The fourth-order valence-corrected chi connectivity index (χ4v) is 4.33. The third-order valence-corrected chi connectivity index (χ3v) is 6.03. The summed E-state index contributed by atoms with van der Waals surface area (Å²) in [5.41, 5.74) is 0.724. The second-order valence-corrected chi connectivity index (χ2v) is 8.92. The van der Waals surface area contributed by atoms with Gasteiger partial charge in [0.25, 0.3) is 0 Å².